The Kier molecular flexibility index (Phi) is 9.04. The van der Waals surface area contributed by atoms with Crippen LogP contribution >= 0.6 is 11.6 Å². The number of ether oxygens (including phenoxy) is 4. The quantitative estimate of drug-likeness (QED) is 0.279. The van der Waals surface area contributed by atoms with E-state index in [2.05, 4.69) is 13.8 Å². The summed E-state index contributed by atoms with van der Waals surface area (Å²) in [4.78, 5) is 24.5. The zero-order valence-electron chi connectivity index (χ0n) is 23.9. The normalized spacial score (nSPS) is 45.7. The topological polar surface area (TPSA) is 112 Å². The molecule has 11 unspecified atom stereocenters. The van der Waals surface area contributed by atoms with E-state index in [0.717, 1.165) is 50.5 Å². The summed E-state index contributed by atoms with van der Waals surface area (Å²) in [5.41, 5.74) is -0.884. The lowest BCUT2D eigenvalue weighted by atomic mass is 9.50. The van der Waals surface area contributed by atoms with Crippen LogP contribution in [0.5, 0.6) is 0 Å². The van der Waals surface area contributed by atoms with E-state index in [4.69, 9.17) is 30.5 Å². The Morgan fingerprint density at radius 2 is 1.93 bits per heavy atom. The molecule has 0 aromatic carbocycles. The first kappa shape index (κ1) is 30.0. The van der Waals surface area contributed by atoms with E-state index < -0.39 is 35.5 Å². The molecule has 224 valence electrons. The summed E-state index contributed by atoms with van der Waals surface area (Å²) in [5.74, 6) is -0.666. The Labute approximate surface area is 242 Å². The maximum atomic E-state index is 12.7. The van der Waals surface area contributed by atoms with Gasteiger partial charge in [-0.1, -0.05) is 32.8 Å². The number of halogens is 1. The molecule has 11 atom stereocenters. The summed E-state index contributed by atoms with van der Waals surface area (Å²) in [5, 5.41) is 22.6. The first-order valence-electron chi connectivity index (χ1n) is 15.1. The third-order valence-electron chi connectivity index (χ3n) is 10.9. The number of hydrogen-bond donors (Lipinski definition) is 2. The van der Waals surface area contributed by atoms with Gasteiger partial charge in [-0.2, -0.15) is 0 Å². The molecule has 0 aromatic heterocycles. The molecule has 0 spiro atoms. The number of hydrogen-bond acceptors (Lipinski definition) is 8. The van der Waals surface area contributed by atoms with E-state index in [-0.39, 0.29) is 54.3 Å². The van der Waals surface area contributed by atoms with Gasteiger partial charge in [-0.15, -0.1) is 11.6 Å². The van der Waals surface area contributed by atoms with Crippen molar-refractivity contribution in [1.82, 2.24) is 0 Å². The van der Waals surface area contributed by atoms with E-state index in [9.17, 15) is 19.8 Å². The molecule has 0 saturated heterocycles. The molecule has 0 radical (unpaired) electrons. The van der Waals surface area contributed by atoms with Gasteiger partial charge in [0.25, 0.3) is 0 Å². The van der Waals surface area contributed by atoms with Crippen LogP contribution in [-0.4, -0.2) is 70.9 Å². The van der Waals surface area contributed by atoms with E-state index in [1.165, 1.54) is 0 Å². The molecule has 3 saturated carbocycles. The third kappa shape index (κ3) is 5.51. The van der Waals surface area contributed by atoms with Gasteiger partial charge in [0.15, 0.2) is 6.29 Å². The summed E-state index contributed by atoms with van der Waals surface area (Å²) in [6, 6.07) is 0. The maximum absolute atomic E-state index is 12.7. The summed E-state index contributed by atoms with van der Waals surface area (Å²) in [6.45, 7) is 6.38. The van der Waals surface area contributed by atoms with Gasteiger partial charge >= 0.3 is 11.9 Å². The largest absolute Gasteiger partial charge is 0.461 e. The molecule has 2 heterocycles. The van der Waals surface area contributed by atoms with Crippen molar-refractivity contribution in [2.24, 2.45) is 29.1 Å². The Morgan fingerprint density at radius 1 is 1.15 bits per heavy atom. The van der Waals surface area contributed by atoms with Gasteiger partial charge in [0, 0.05) is 11.5 Å². The van der Waals surface area contributed by atoms with Crippen LogP contribution in [0.2, 0.25) is 0 Å². The SMILES string of the molecule is CC1CCC(OC2C=CC(O)C(C)O2)CCCCC2C1CC(OC(=O)CCl)C1(C)C(C3=CC(=O)OC3)CCC21O. The van der Waals surface area contributed by atoms with Gasteiger partial charge in [-0.05, 0) is 87.2 Å². The predicted octanol–water partition coefficient (Wildman–Crippen LogP) is 4.44. The van der Waals surface area contributed by atoms with Gasteiger partial charge in [-0.3, -0.25) is 4.79 Å². The molecular weight excluding hydrogens is 536 g/mol. The zero-order chi connectivity index (χ0) is 28.7. The fourth-order valence-corrected chi connectivity index (χ4v) is 8.65. The molecule has 5 aliphatic rings. The maximum Gasteiger partial charge on any atom is 0.331 e. The van der Waals surface area contributed by atoms with Crippen LogP contribution < -0.4 is 0 Å². The lowest BCUT2D eigenvalue weighted by molar-refractivity contribution is -0.226. The van der Waals surface area contributed by atoms with Crippen molar-refractivity contribution in [3.63, 3.8) is 0 Å². The summed E-state index contributed by atoms with van der Waals surface area (Å²) in [6.07, 6.45) is 10.8. The minimum absolute atomic E-state index is 0.0422. The number of aliphatic hydroxyl groups excluding tert-OH is 1. The molecule has 3 fully saturated rings. The molecule has 0 bridgehead atoms. The average Bonchev–Trinajstić information content (AvgIpc) is 3.47. The van der Waals surface area contributed by atoms with Crippen LogP contribution in [0.25, 0.3) is 0 Å². The predicted molar refractivity (Wildman–Crippen MR) is 148 cm³/mol. The van der Waals surface area contributed by atoms with Crippen molar-refractivity contribution in [1.29, 1.82) is 0 Å². The number of rotatable bonds is 5. The monoisotopic (exact) mass is 580 g/mol. The van der Waals surface area contributed by atoms with Gasteiger partial charge in [0.2, 0.25) is 0 Å². The molecular formula is C31H45ClO8. The van der Waals surface area contributed by atoms with Gasteiger partial charge in [0.1, 0.15) is 18.6 Å². The fourth-order valence-electron chi connectivity index (χ4n) is 8.58. The van der Waals surface area contributed by atoms with E-state index in [0.29, 0.717) is 12.8 Å². The van der Waals surface area contributed by atoms with E-state index >= 15 is 0 Å². The van der Waals surface area contributed by atoms with Crippen molar-refractivity contribution in [3.8, 4) is 0 Å². The number of carbonyl (C=O) groups is 2. The highest BCUT2D eigenvalue weighted by molar-refractivity contribution is 6.26. The highest BCUT2D eigenvalue weighted by Gasteiger charge is 2.69. The van der Waals surface area contributed by atoms with Crippen molar-refractivity contribution in [2.75, 3.05) is 12.5 Å². The lowest BCUT2D eigenvalue weighted by Crippen LogP contribution is -2.64. The molecule has 0 aromatic rings. The average molecular weight is 581 g/mol. The second-order valence-corrected chi connectivity index (χ2v) is 13.2. The van der Waals surface area contributed by atoms with Gasteiger partial charge < -0.3 is 29.2 Å². The Hall–Kier alpha value is -1.45. The van der Waals surface area contributed by atoms with Crippen LogP contribution in [0.4, 0.5) is 0 Å². The number of carbonyl (C=O) groups excluding carboxylic acids is 2. The summed E-state index contributed by atoms with van der Waals surface area (Å²) >= 11 is 5.89. The molecule has 9 heteroatoms. The highest BCUT2D eigenvalue weighted by Crippen LogP contribution is 2.66. The molecule has 8 nitrogen and oxygen atoms in total. The number of cyclic esters (lactones) is 1. The van der Waals surface area contributed by atoms with Crippen molar-refractivity contribution in [3.05, 3.63) is 23.8 Å². The summed E-state index contributed by atoms with van der Waals surface area (Å²) < 4.78 is 23.5. The number of fused-ring (bicyclic) bond motifs is 3. The smallest absolute Gasteiger partial charge is 0.331 e. The molecule has 3 aliphatic carbocycles. The van der Waals surface area contributed by atoms with Crippen LogP contribution in [0.1, 0.15) is 78.6 Å². The van der Waals surface area contributed by atoms with Crippen LogP contribution in [-0.2, 0) is 28.5 Å². The Balaban J connectivity index is 1.38. The lowest BCUT2D eigenvalue weighted by Gasteiger charge is -2.59. The second-order valence-electron chi connectivity index (χ2n) is 12.9. The van der Waals surface area contributed by atoms with E-state index in [1.807, 2.05) is 6.92 Å². The van der Waals surface area contributed by atoms with Crippen LogP contribution in [0.3, 0.4) is 0 Å². The fraction of sp³-hybridized carbons (Fsp3) is 0.806. The second kappa shape index (κ2) is 12.0. The molecule has 5 rings (SSSR count). The van der Waals surface area contributed by atoms with Crippen molar-refractivity contribution >= 4 is 23.5 Å². The third-order valence-corrected chi connectivity index (χ3v) is 11.1. The first-order valence-corrected chi connectivity index (χ1v) is 15.6. The van der Waals surface area contributed by atoms with Gasteiger partial charge in [0.05, 0.1) is 23.9 Å². The van der Waals surface area contributed by atoms with E-state index in [1.54, 1.807) is 18.2 Å². The minimum Gasteiger partial charge on any atom is -0.461 e. The molecule has 2 N–H and O–H groups in total. The summed E-state index contributed by atoms with van der Waals surface area (Å²) in [7, 11) is 0. The van der Waals surface area contributed by atoms with Crippen molar-refractivity contribution < 1.29 is 38.7 Å². The minimum atomic E-state index is -1.04. The van der Waals surface area contributed by atoms with Crippen LogP contribution in [0.15, 0.2) is 23.8 Å². The Morgan fingerprint density at radius 3 is 2.62 bits per heavy atom. The van der Waals surface area contributed by atoms with Crippen molar-refractivity contribution in [2.45, 2.75) is 115 Å². The standard InChI is InChI=1S/C31H45ClO8/c1-18-8-9-21(39-29-11-10-25(33)19(2)38-29)6-4-5-7-24-22(18)15-26(40-28(35)16-32)30(3)23(12-13-31(24,30)36)20-14-27(34)37-17-20/h10-11,14,18-19,21-26,29,33,36H,4-9,12-13,15-17H2,1-3H3. The number of alkyl halides is 1. The van der Waals surface area contributed by atoms with Gasteiger partial charge in [-0.25, -0.2) is 4.79 Å². The highest BCUT2D eigenvalue weighted by atomic mass is 35.5. The van der Waals surface area contributed by atoms with Crippen LogP contribution in [0, 0.1) is 29.1 Å². The first-order chi connectivity index (χ1) is 19.1. The molecule has 2 aliphatic heterocycles. The molecule has 0 amide bonds. The zero-order valence-corrected chi connectivity index (χ0v) is 24.7. The number of aliphatic hydroxyl groups is 2. The Bertz CT molecular complexity index is 1010. The molecule has 40 heavy (non-hydrogen) atoms. The number of esters is 2.